The van der Waals surface area contributed by atoms with Gasteiger partial charge in [0.2, 0.25) is 0 Å². The van der Waals surface area contributed by atoms with Gasteiger partial charge >= 0.3 is 5.69 Å². The molecule has 2 heterocycles. The Kier molecular flexibility index (Phi) is 3.52. The molecule has 0 N–H and O–H groups in total. The molecule has 2 aromatic heterocycles. The molecule has 7 nitrogen and oxygen atoms in total. The molecule has 0 aliphatic carbocycles. The molecule has 106 valence electrons. The fourth-order valence-electron chi connectivity index (χ4n) is 1.92. The Morgan fingerprint density at radius 1 is 1.19 bits per heavy atom. The molecule has 9 heteroatoms. The molecule has 21 heavy (non-hydrogen) atoms. The largest absolute Gasteiger partial charge is 0.312 e. The second-order valence-corrected chi connectivity index (χ2v) is 5.87. The van der Waals surface area contributed by atoms with Crippen molar-refractivity contribution in [3.8, 4) is 0 Å². The van der Waals surface area contributed by atoms with Gasteiger partial charge in [0.15, 0.2) is 10.7 Å². The van der Waals surface area contributed by atoms with Gasteiger partial charge in [0, 0.05) is 11.4 Å². The molecule has 0 amide bonds. The molecule has 0 fully saturated rings. The number of nitro benzene ring substituents is 1. The highest BCUT2D eigenvalue weighted by molar-refractivity contribution is 7.99. The summed E-state index contributed by atoms with van der Waals surface area (Å²) >= 11 is 2.12. The first-order valence-corrected chi connectivity index (χ1v) is 7.49. The zero-order valence-electron chi connectivity index (χ0n) is 11.1. The molecule has 0 aliphatic heterocycles. The summed E-state index contributed by atoms with van der Waals surface area (Å²) in [5.74, 6) is 0. The van der Waals surface area contributed by atoms with Crippen LogP contribution in [-0.4, -0.2) is 23.6 Å². The van der Waals surface area contributed by atoms with Gasteiger partial charge in [-0.25, -0.2) is 9.97 Å². The highest BCUT2D eigenvalue weighted by atomic mass is 32.2. The Hall–Kier alpha value is -2.13. The highest BCUT2D eigenvalue weighted by Crippen LogP contribution is 2.37. The molecule has 0 atom stereocenters. The van der Waals surface area contributed by atoms with Crippen molar-refractivity contribution in [2.75, 3.05) is 0 Å². The van der Waals surface area contributed by atoms with Crippen LogP contribution in [0.3, 0.4) is 0 Å². The van der Waals surface area contributed by atoms with Crippen LogP contribution in [-0.2, 0) is 0 Å². The quantitative estimate of drug-likeness (QED) is 0.415. The van der Waals surface area contributed by atoms with E-state index in [1.54, 1.807) is 12.1 Å². The zero-order valence-corrected chi connectivity index (χ0v) is 12.7. The molecule has 0 unspecified atom stereocenters. The second-order valence-electron chi connectivity index (χ2n) is 4.34. The van der Waals surface area contributed by atoms with Gasteiger partial charge in [-0.05, 0) is 43.8 Å². The van der Waals surface area contributed by atoms with E-state index in [-0.39, 0.29) is 5.69 Å². The molecule has 0 spiro atoms. The fourth-order valence-corrected chi connectivity index (χ4v) is 3.43. The number of benzene rings is 1. The van der Waals surface area contributed by atoms with Crippen LogP contribution in [0.4, 0.5) is 5.69 Å². The fraction of sp³-hybridized carbons (Fsp3) is 0.167. The molecule has 0 radical (unpaired) electrons. The summed E-state index contributed by atoms with van der Waals surface area (Å²) in [5.41, 5.74) is 2.43. The number of nitro groups is 1. The van der Waals surface area contributed by atoms with Crippen LogP contribution in [0.5, 0.6) is 0 Å². The predicted molar refractivity (Wildman–Crippen MR) is 79.7 cm³/mol. The van der Waals surface area contributed by atoms with Crippen molar-refractivity contribution >= 4 is 40.2 Å². The Bertz CT molecular complexity index is 829. The molecular formula is C12H9N5O2S2. The third kappa shape index (κ3) is 2.69. The van der Waals surface area contributed by atoms with E-state index in [4.69, 9.17) is 0 Å². The van der Waals surface area contributed by atoms with Crippen molar-refractivity contribution in [2.24, 2.45) is 0 Å². The predicted octanol–water partition coefficient (Wildman–Crippen LogP) is 3.16. The van der Waals surface area contributed by atoms with Gasteiger partial charge in [-0.1, -0.05) is 0 Å². The number of fused-ring (bicyclic) bond motifs is 1. The minimum atomic E-state index is -0.436. The van der Waals surface area contributed by atoms with Crippen LogP contribution in [0.25, 0.3) is 11.0 Å². The lowest BCUT2D eigenvalue weighted by molar-refractivity contribution is -0.386. The first kappa shape index (κ1) is 13.8. The molecule has 0 bridgehead atoms. The Morgan fingerprint density at radius 2 is 1.90 bits per heavy atom. The lowest BCUT2D eigenvalue weighted by atomic mass is 10.3. The van der Waals surface area contributed by atoms with Crippen molar-refractivity contribution in [2.45, 2.75) is 23.9 Å². The van der Waals surface area contributed by atoms with Crippen molar-refractivity contribution < 1.29 is 4.92 Å². The van der Waals surface area contributed by atoms with Crippen molar-refractivity contribution in [1.82, 2.24) is 18.7 Å². The molecule has 3 aromatic rings. The Balaban J connectivity index is 2.11. The van der Waals surface area contributed by atoms with Crippen molar-refractivity contribution in [1.29, 1.82) is 0 Å². The summed E-state index contributed by atoms with van der Waals surface area (Å²) in [6, 6.07) is 5.23. The summed E-state index contributed by atoms with van der Waals surface area (Å²) in [5, 5.41) is 11.8. The topological polar surface area (TPSA) is 94.7 Å². The molecule has 0 saturated carbocycles. The summed E-state index contributed by atoms with van der Waals surface area (Å²) in [6.07, 6.45) is 0. The maximum absolute atomic E-state index is 11.3. The average Bonchev–Trinajstić information content (AvgIpc) is 2.84. The smallest absolute Gasteiger partial charge is 0.258 e. The number of hydrogen-bond donors (Lipinski definition) is 0. The van der Waals surface area contributed by atoms with Crippen LogP contribution in [0.1, 0.15) is 11.4 Å². The molecular weight excluding hydrogens is 310 g/mol. The first-order valence-electron chi connectivity index (χ1n) is 5.94. The summed E-state index contributed by atoms with van der Waals surface area (Å²) in [4.78, 5) is 20.0. The summed E-state index contributed by atoms with van der Waals surface area (Å²) in [7, 11) is 0. The van der Waals surface area contributed by atoms with Crippen LogP contribution >= 0.6 is 23.5 Å². The number of nitrogens with zero attached hydrogens (tertiary/aromatic N) is 5. The number of rotatable bonds is 3. The van der Waals surface area contributed by atoms with Crippen LogP contribution in [0.15, 0.2) is 28.3 Å². The number of aryl methyl sites for hydroxylation is 2. The standard InChI is InChI=1S/C12H9N5O2S2/c1-6-5-7(2)14-12(13-6)20-9-4-3-8-10(16-21-15-8)11(9)17(18)19/h3-5H,1-2H3. The maximum atomic E-state index is 11.3. The van der Waals surface area contributed by atoms with Gasteiger partial charge in [0.25, 0.3) is 0 Å². The van der Waals surface area contributed by atoms with Crippen molar-refractivity contribution in [3.63, 3.8) is 0 Å². The summed E-state index contributed by atoms with van der Waals surface area (Å²) < 4.78 is 8.04. The van der Waals surface area contributed by atoms with E-state index in [1.165, 1.54) is 0 Å². The Labute approximate surface area is 127 Å². The van der Waals surface area contributed by atoms with E-state index >= 15 is 0 Å². The molecule has 0 aliphatic rings. The zero-order chi connectivity index (χ0) is 15.0. The number of aromatic nitrogens is 4. The van der Waals surface area contributed by atoms with Crippen LogP contribution in [0, 0.1) is 24.0 Å². The normalized spacial score (nSPS) is 11.0. The second kappa shape index (κ2) is 5.34. The van der Waals surface area contributed by atoms with E-state index in [0.717, 1.165) is 34.9 Å². The van der Waals surface area contributed by atoms with Crippen molar-refractivity contribution in [3.05, 3.63) is 39.7 Å². The van der Waals surface area contributed by atoms with Gasteiger partial charge in [0.05, 0.1) is 21.5 Å². The maximum Gasteiger partial charge on any atom is 0.312 e. The first-order chi connectivity index (χ1) is 10.0. The molecule has 1 aromatic carbocycles. The lowest BCUT2D eigenvalue weighted by Crippen LogP contribution is -1.96. The van der Waals surface area contributed by atoms with Gasteiger partial charge in [-0.2, -0.15) is 8.75 Å². The minimum absolute atomic E-state index is 0.0472. The monoisotopic (exact) mass is 319 g/mol. The van der Waals surface area contributed by atoms with E-state index in [2.05, 4.69) is 18.7 Å². The van der Waals surface area contributed by atoms with E-state index in [0.29, 0.717) is 21.1 Å². The number of hydrogen-bond acceptors (Lipinski definition) is 8. The third-order valence-electron chi connectivity index (χ3n) is 2.71. The van der Waals surface area contributed by atoms with Gasteiger partial charge in [-0.15, -0.1) is 0 Å². The third-order valence-corrected chi connectivity index (χ3v) is 4.17. The molecule has 0 saturated heterocycles. The van der Waals surface area contributed by atoms with Crippen LogP contribution < -0.4 is 0 Å². The van der Waals surface area contributed by atoms with Gasteiger partial charge in [0.1, 0.15) is 5.52 Å². The lowest BCUT2D eigenvalue weighted by Gasteiger charge is -2.04. The highest BCUT2D eigenvalue weighted by Gasteiger charge is 2.23. The van der Waals surface area contributed by atoms with Gasteiger partial charge < -0.3 is 0 Å². The minimum Gasteiger partial charge on any atom is -0.258 e. The molecule has 3 rings (SSSR count). The summed E-state index contributed by atoms with van der Waals surface area (Å²) in [6.45, 7) is 3.72. The van der Waals surface area contributed by atoms with E-state index in [9.17, 15) is 10.1 Å². The SMILES string of the molecule is Cc1cc(C)nc(Sc2ccc3nsnc3c2[N+](=O)[O-])n1. The average molecular weight is 319 g/mol. The van der Waals surface area contributed by atoms with Gasteiger partial charge in [-0.3, -0.25) is 10.1 Å². The Morgan fingerprint density at radius 3 is 2.57 bits per heavy atom. The van der Waals surface area contributed by atoms with Crippen LogP contribution in [0.2, 0.25) is 0 Å². The van der Waals surface area contributed by atoms with E-state index < -0.39 is 4.92 Å². The van der Waals surface area contributed by atoms with E-state index in [1.807, 2.05) is 19.9 Å².